The molecule has 0 spiro atoms. The van der Waals surface area contributed by atoms with E-state index < -0.39 is 16.3 Å². The van der Waals surface area contributed by atoms with Crippen molar-refractivity contribution in [2.24, 2.45) is 0 Å². The van der Waals surface area contributed by atoms with Crippen LogP contribution in [0.15, 0.2) is 48.8 Å². The van der Waals surface area contributed by atoms with E-state index in [0.29, 0.717) is 11.1 Å². The molecule has 7 heteroatoms. The molecule has 0 bridgehead atoms. The fraction of sp³-hybridized carbons (Fsp3) is 0.267. The Morgan fingerprint density at radius 1 is 1.05 bits per heavy atom. The molecule has 22 heavy (non-hydrogen) atoms. The van der Waals surface area contributed by atoms with Gasteiger partial charge in [0.2, 0.25) is 0 Å². The summed E-state index contributed by atoms with van der Waals surface area (Å²) >= 11 is 0. The first-order valence-corrected chi connectivity index (χ1v) is 8.04. The summed E-state index contributed by atoms with van der Waals surface area (Å²) in [6, 6.07) is 8.74. The number of hydrogen-bond donors (Lipinski definition) is 0. The summed E-state index contributed by atoms with van der Waals surface area (Å²) in [6.45, 7) is 0. The van der Waals surface area contributed by atoms with Gasteiger partial charge in [0.05, 0.1) is 6.04 Å². The quantitative estimate of drug-likeness (QED) is 0.846. The predicted molar refractivity (Wildman–Crippen MR) is 82.8 cm³/mol. The van der Waals surface area contributed by atoms with Crippen LogP contribution in [0.2, 0.25) is 0 Å². The molecule has 0 saturated heterocycles. The summed E-state index contributed by atoms with van der Waals surface area (Å²) < 4.78 is 40.4. The normalized spacial score (nSPS) is 13.5. The average molecular weight is 323 g/mol. The number of aromatic nitrogens is 1. The van der Waals surface area contributed by atoms with E-state index in [1.54, 1.807) is 36.7 Å². The van der Waals surface area contributed by atoms with E-state index in [1.807, 2.05) is 0 Å². The maximum absolute atomic E-state index is 13.2. The highest BCUT2D eigenvalue weighted by Gasteiger charge is 2.30. The number of pyridine rings is 1. The zero-order valence-electron chi connectivity index (χ0n) is 12.6. The molecule has 1 heterocycles. The van der Waals surface area contributed by atoms with E-state index in [2.05, 4.69) is 4.98 Å². The van der Waals surface area contributed by atoms with Crippen molar-refractivity contribution in [3.8, 4) is 0 Å². The van der Waals surface area contributed by atoms with E-state index in [0.717, 1.165) is 4.31 Å². The molecular weight excluding hydrogens is 305 g/mol. The molecule has 1 atom stereocenters. The van der Waals surface area contributed by atoms with Crippen LogP contribution in [0.25, 0.3) is 0 Å². The fourth-order valence-corrected chi connectivity index (χ4v) is 3.21. The summed E-state index contributed by atoms with van der Waals surface area (Å²) in [7, 11) is 0.797. The number of benzene rings is 1. The Balaban J connectivity index is 2.54. The molecule has 0 N–H and O–H groups in total. The number of rotatable bonds is 5. The van der Waals surface area contributed by atoms with Crippen LogP contribution in [0.3, 0.4) is 0 Å². The monoisotopic (exact) mass is 323 g/mol. The molecule has 0 aliphatic heterocycles. The number of hydrogen-bond acceptors (Lipinski definition) is 3. The van der Waals surface area contributed by atoms with Gasteiger partial charge in [-0.25, -0.2) is 4.39 Å². The summed E-state index contributed by atoms with van der Waals surface area (Å²) in [5.74, 6) is -0.369. The molecule has 0 saturated carbocycles. The highest BCUT2D eigenvalue weighted by molar-refractivity contribution is 7.86. The molecule has 118 valence electrons. The van der Waals surface area contributed by atoms with Crippen LogP contribution < -0.4 is 0 Å². The Morgan fingerprint density at radius 3 is 2.18 bits per heavy atom. The molecule has 1 unspecified atom stereocenters. The van der Waals surface area contributed by atoms with Gasteiger partial charge in [-0.1, -0.05) is 18.2 Å². The molecule has 0 aliphatic carbocycles. The van der Waals surface area contributed by atoms with Gasteiger partial charge in [0, 0.05) is 33.5 Å². The van der Waals surface area contributed by atoms with Gasteiger partial charge in [0.25, 0.3) is 10.2 Å². The van der Waals surface area contributed by atoms with Gasteiger partial charge in [-0.05, 0) is 29.3 Å². The lowest BCUT2D eigenvalue weighted by Crippen LogP contribution is -2.40. The summed E-state index contributed by atoms with van der Waals surface area (Å²) in [6.07, 6.45) is 3.22. The molecule has 5 nitrogen and oxygen atoms in total. The van der Waals surface area contributed by atoms with Crippen molar-refractivity contribution >= 4 is 10.2 Å². The second kappa shape index (κ2) is 6.51. The lowest BCUT2D eigenvalue weighted by atomic mass is 10.0. The maximum atomic E-state index is 13.2. The van der Waals surface area contributed by atoms with Crippen molar-refractivity contribution in [3.63, 3.8) is 0 Å². The zero-order valence-corrected chi connectivity index (χ0v) is 13.5. The standard InChI is InChI=1S/C15H18FN3O2S/c1-18(2)22(20,21)19(3)15(13-5-4-10-17-11-13)12-6-8-14(16)9-7-12/h4-11,15H,1-3H3. The van der Waals surface area contributed by atoms with Gasteiger partial charge >= 0.3 is 0 Å². The van der Waals surface area contributed by atoms with E-state index in [9.17, 15) is 12.8 Å². The van der Waals surface area contributed by atoms with E-state index in [-0.39, 0.29) is 5.82 Å². The van der Waals surface area contributed by atoms with Crippen molar-refractivity contribution in [2.45, 2.75) is 6.04 Å². The molecule has 0 radical (unpaired) electrons. The van der Waals surface area contributed by atoms with Gasteiger partial charge in [-0.15, -0.1) is 0 Å². The first-order chi connectivity index (χ1) is 10.3. The molecule has 0 aliphatic rings. The van der Waals surface area contributed by atoms with Gasteiger partial charge in [-0.3, -0.25) is 4.98 Å². The van der Waals surface area contributed by atoms with Crippen molar-refractivity contribution < 1.29 is 12.8 Å². The Morgan fingerprint density at radius 2 is 1.68 bits per heavy atom. The summed E-state index contributed by atoms with van der Waals surface area (Å²) in [4.78, 5) is 4.05. The Hall–Kier alpha value is -1.83. The topological polar surface area (TPSA) is 53.5 Å². The summed E-state index contributed by atoms with van der Waals surface area (Å²) in [5.41, 5.74) is 1.38. The van der Waals surface area contributed by atoms with Crippen LogP contribution in [0.1, 0.15) is 17.2 Å². The van der Waals surface area contributed by atoms with Crippen molar-refractivity contribution in [1.29, 1.82) is 0 Å². The minimum absolute atomic E-state index is 0.369. The lowest BCUT2D eigenvalue weighted by Gasteiger charge is -2.30. The van der Waals surface area contributed by atoms with Gasteiger partial charge in [0.1, 0.15) is 5.82 Å². The van der Waals surface area contributed by atoms with Gasteiger partial charge < -0.3 is 0 Å². The smallest absolute Gasteiger partial charge is 0.264 e. The van der Waals surface area contributed by atoms with Crippen LogP contribution in [-0.4, -0.2) is 43.2 Å². The minimum atomic E-state index is -3.64. The lowest BCUT2D eigenvalue weighted by molar-refractivity contribution is 0.378. The summed E-state index contributed by atoms with van der Waals surface area (Å²) in [5, 5.41) is 0. The SMILES string of the molecule is CN(C)S(=O)(=O)N(C)C(c1ccc(F)cc1)c1cccnc1. The van der Waals surface area contributed by atoms with Crippen LogP contribution in [0.4, 0.5) is 4.39 Å². The molecule has 2 rings (SSSR count). The van der Waals surface area contributed by atoms with Gasteiger partial charge in [0.15, 0.2) is 0 Å². The van der Waals surface area contributed by atoms with Crippen LogP contribution in [-0.2, 0) is 10.2 Å². The van der Waals surface area contributed by atoms with Crippen molar-refractivity contribution in [1.82, 2.24) is 13.6 Å². The van der Waals surface area contributed by atoms with Gasteiger partial charge in [-0.2, -0.15) is 17.0 Å². The van der Waals surface area contributed by atoms with E-state index in [1.165, 1.54) is 37.6 Å². The van der Waals surface area contributed by atoms with Crippen LogP contribution in [0, 0.1) is 5.82 Å². The number of halogens is 1. The minimum Gasteiger partial charge on any atom is -0.264 e. The molecule has 1 aromatic carbocycles. The second-order valence-electron chi connectivity index (χ2n) is 5.05. The van der Waals surface area contributed by atoms with Crippen molar-refractivity contribution in [3.05, 3.63) is 65.7 Å². The molecule has 1 aromatic heterocycles. The van der Waals surface area contributed by atoms with E-state index in [4.69, 9.17) is 0 Å². The third-order valence-electron chi connectivity index (χ3n) is 3.37. The Kier molecular flexibility index (Phi) is 4.90. The molecule has 0 fully saturated rings. The maximum Gasteiger partial charge on any atom is 0.282 e. The van der Waals surface area contributed by atoms with Crippen molar-refractivity contribution in [2.75, 3.05) is 21.1 Å². The van der Waals surface area contributed by atoms with Crippen LogP contribution >= 0.6 is 0 Å². The predicted octanol–water partition coefficient (Wildman–Crippen LogP) is 2.05. The second-order valence-corrected chi connectivity index (χ2v) is 7.25. The van der Waals surface area contributed by atoms with Crippen LogP contribution in [0.5, 0.6) is 0 Å². The van der Waals surface area contributed by atoms with E-state index >= 15 is 0 Å². The molecule has 2 aromatic rings. The third-order valence-corrected chi connectivity index (χ3v) is 5.24. The Labute approximate surface area is 130 Å². The fourth-order valence-electron chi connectivity index (χ4n) is 2.19. The Bertz CT molecular complexity index is 718. The highest BCUT2D eigenvalue weighted by atomic mass is 32.2. The first kappa shape index (κ1) is 16.5. The molecule has 0 amide bonds. The largest absolute Gasteiger partial charge is 0.282 e. The highest BCUT2D eigenvalue weighted by Crippen LogP contribution is 2.29. The molecular formula is C15H18FN3O2S. The number of nitrogens with zero attached hydrogens (tertiary/aromatic N) is 3. The first-order valence-electron chi connectivity index (χ1n) is 6.65. The average Bonchev–Trinajstić information content (AvgIpc) is 2.50. The zero-order chi connectivity index (χ0) is 16.3. The third kappa shape index (κ3) is 3.32.